The molecule has 1 unspecified atom stereocenters. The van der Waals surface area contributed by atoms with Gasteiger partial charge in [0.1, 0.15) is 0 Å². The molecule has 0 radical (unpaired) electrons. The Morgan fingerprint density at radius 1 is 1.17 bits per heavy atom. The maximum absolute atomic E-state index is 11.1. The molecule has 1 saturated heterocycles. The van der Waals surface area contributed by atoms with Crippen molar-refractivity contribution in [3.8, 4) is 0 Å². The standard InChI is InChI=1S/C21H27N4O3PS/c1-21(2,3)29(19-10-5-4-6-11-19,24-12-14-28-15-13-24)23-20(30)22-17-8-7-9-18(16-17)25(26)27/h4-11,16H,12-15H2,1-3H3,(H,22,30). The number of hydrogen-bond donors (Lipinski definition) is 1. The van der Waals surface area contributed by atoms with E-state index in [1.54, 1.807) is 12.1 Å². The van der Waals surface area contributed by atoms with Crippen LogP contribution in [0.2, 0.25) is 0 Å². The Kier molecular flexibility index (Phi) is 7.03. The second-order valence-corrected chi connectivity index (χ2v) is 12.2. The van der Waals surface area contributed by atoms with Crippen LogP contribution in [0.4, 0.5) is 11.4 Å². The molecule has 0 bridgehead atoms. The van der Waals surface area contributed by atoms with Gasteiger partial charge in [-0.1, -0.05) is 57.2 Å². The first-order valence-corrected chi connectivity index (χ1v) is 11.9. The highest BCUT2D eigenvalue weighted by molar-refractivity contribution is 7.82. The number of thiocarbonyl (C=S) groups is 1. The van der Waals surface area contributed by atoms with Gasteiger partial charge in [-0.2, -0.15) is 0 Å². The van der Waals surface area contributed by atoms with Gasteiger partial charge >= 0.3 is 0 Å². The van der Waals surface area contributed by atoms with Crippen molar-refractivity contribution in [1.29, 1.82) is 0 Å². The Bertz CT molecular complexity index is 970. The first-order chi connectivity index (χ1) is 14.2. The number of nitrogens with one attached hydrogen (secondary N) is 1. The number of morpholine rings is 1. The molecule has 1 N–H and O–H groups in total. The van der Waals surface area contributed by atoms with Crippen molar-refractivity contribution >= 4 is 41.2 Å². The third-order valence-electron chi connectivity index (χ3n) is 4.99. The van der Waals surface area contributed by atoms with Gasteiger partial charge in [-0.15, -0.1) is 0 Å². The maximum Gasteiger partial charge on any atom is 0.271 e. The fraction of sp³-hybridized carbons (Fsp3) is 0.381. The molecule has 1 atom stereocenters. The molecule has 0 saturated carbocycles. The van der Waals surface area contributed by atoms with Crippen LogP contribution in [-0.4, -0.2) is 46.2 Å². The Morgan fingerprint density at radius 2 is 1.83 bits per heavy atom. The smallest absolute Gasteiger partial charge is 0.271 e. The molecular weight excluding hydrogens is 419 g/mol. The summed E-state index contributed by atoms with van der Waals surface area (Å²) in [7, 11) is -2.29. The monoisotopic (exact) mass is 446 g/mol. The number of hydrogen-bond acceptors (Lipinski definition) is 4. The summed E-state index contributed by atoms with van der Waals surface area (Å²) in [5.74, 6) is 0. The van der Waals surface area contributed by atoms with E-state index in [1.165, 1.54) is 12.1 Å². The van der Waals surface area contributed by atoms with E-state index in [1.807, 2.05) is 18.2 Å². The highest BCUT2D eigenvalue weighted by Gasteiger charge is 2.42. The minimum atomic E-state index is -2.29. The molecule has 1 aliphatic rings. The van der Waals surface area contributed by atoms with Gasteiger partial charge in [-0.25, -0.2) is 4.74 Å². The fourth-order valence-corrected chi connectivity index (χ4v) is 8.31. The van der Waals surface area contributed by atoms with E-state index >= 15 is 0 Å². The lowest BCUT2D eigenvalue weighted by Crippen LogP contribution is -2.43. The zero-order chi connectivity index (χ0) is 21.8. The van der Waals surface area contributed by atoms with Gasteiger partial charge < -0.3 is 10.1 Å². The van der Waals surface area contributed by atoms with Crippen molar-refractivity contribution in [3.63, 3.8) is 0 Å². The average Bonchev–Trinajstić information content (AvgIpc) is 2.72. The minimum Gasteiger partial charge on any atom is -0.379 e. The molecule has 1 heterocycles. The number of anilines is 1. The quantitative estimate of drug-likeness (QED) is 0.313. The zero-order valence-electron chi connectivity index (χ0n) is 17.4. The molecule has 1 fully saturated rings. The summed E-state index contributed by atoms with van der Waals surface area (Å²) in [6.07, 6.45) is 0. The van der Waals surface area contributed by atoms with E-state index in [9.17, 15) is 10.1 Å². The van der Waals surface area contributed by atoms with Gasteiger partial charge in [0.2, 0.25) is 0 Å². The molecule has 0 aliphatic carbocycles. The molecule has 0 amide bonds. The van der Waals surface area contributed by atoms with Crippen molar-refractivity contribution in [1.82, 2.24) is 4.67 Å². The van der Waals surface area contributed by atoms with Crippen molar-refractivity contribution < 1.29 is 9.66 Å². The van der Waals surface area contributed by atoms with E-state index in [4.69, 9.17) is 21.7 Å². The van der Waals surface area contributed by atoms with E-state index < -0.39 is 12.1 Å². The SMILES string of the molecule is CC(C)(C)P(=NC(=S)Nc1cccc([N+](=O)[O-])c1)(c1ccccc1)N1CCOCC1. The van der Waals surface area contributed by atoms with Crippen LogP contribution < -0.4 is 10.6 Å². The number of non-ortho nitro benzene ring substituents is 1. The summed E-state index contributed by atoms with van der Waals surface area (Å²) in [5.41, 5.74) is 0.566. The normalized spacial score (nSPS) is 17.0. The van der Waals surface area contributed by atoms with Crippen LogP contribution in [0.15, 0.2) is 59.3 Å². The van der Waals surface area contributed by atoms with Crippen LogP contribution in [-0.2, 0) is 4.74 Å². The van der Waals surface area contributed by atoms with Crippen molar-refractivity contribution in [2.24, 2.45) is 4.74 Å². The Hall–Kier alpha value is -2.12. The van der Waals surface area contributed by atoms with E-state index in [0.717, 1.165) is 18.4 Å². The summed E-state index contributed by atoms with van der Waals surface area (Å²) in [6, 6.07) is 16.6. The molecule has 0 spiro atoms. The number of nitrogens with zero attached hydrogens (tertiary/aromatic N) is 3. The lowest BCUT2D eigenvalue weighted by molar-refractivity contribution is -0.384. The summed E-state index contributed by atoms with van der Waals surface area (Å²) in [4.78, 5) is 10.7. The fourth-order valence-electron chi connectivity index (χ4n) is 3.70. The topological polar surface area (TPSA) is 80.0 Å². The Balaban J connectivity index is 2.09. The van der Waals surface area contributed by atoms with Crippen LogP contribution in [0.3, 0.4) is 0 Å². The van der Waals surface area contributed by atoms with Crippen LogP contribution in [0.5, 0.6) is 0 Å². The number of nitro benzene ring substituents is 1. The van der Waals surface area contributed by atoms with Gasteiger partial charge in [-0.05, 0) is 18.3 Å². The maximum atomic E-state index is 11.1. The molecule has 2 aromatic rings. The van der Waals surface area contributed by atoms with Crippen LogP contribution in [0.25, 0.3) is 0 Å². The predicted octanol–water partition coefficient (Wildman–Crippen LogP) is 4.86. The first-order valence-electron chi connectivity index (χ1n) is 9.81. The van der Waals surface area contributed by atoms with Crippen molar-refractivity contribution in [3.05, 3.63) is 64.7 Å². The third-order valence-corrected chi connectivity index (χ3v) is 9.92. The molecule has 160 valence electrons. The number of benzene rings is 2. The van der Waals surface area contributed by atoms with Gasteiger partial charge in [0.25, 0.3) is 5.69 Å². The first kappa shape index (κ1) is 22.6. The number of rotatable bonds is 4. The average molecular weight is 447 g/mol. The van der Waals surface area contributed by atoms with E-state index in [0.29, 0.717) is 24.0 Å². The second kappa shape index (κ2) is 9.35. The lowest BCUT2D eigenvalue weighted by Gasteiger charge is -2.46. The predicted molar refractivity (Wildman–Crippen MR) is 127 cm³/mol. The second-order valence-electron chi connectivity index (χ2n) is 8.01. The molecular formula is C21H27N4O3PS. The zero-order valence-corrected chi connectivity index (χ0v) is 19.2. The van der Waals surface area contributed by atoms with E-state index in [2.05, 4.69) is 42.9 Å². The molecule has 0 aromatic heterocycles. The highest BCUT2D eigenvalue weighted by Crippen LogP contribution is 2.62. The summed E-state index contributed by atoms with van der Waals surface area (Å²) < 4.78 is 13.2. The molecule has 9 heteroatoms. The van der Waals surface area contributed by atoms with Crippen LogP contribution in [0.1, 0.15) is 20.8 Å². The largest absolute Gasteiger partial charge is 0.379 e. The molecule has 1 aliphatic heterocycles. The van der Waals surface area contributed by atoms with Gasteiger partial charge in [0.05, 0.1) is 25.3 Å². The van der Waals surface area contributed by atoms with Gasteiger partial charge in [0, 0.05) is 41.4 Å². The summed E-state index contributed by atoms with van der Waals surface area (Å²) >= 11 is 5.65. The van der Waals surface area contributed by atoms with Crippen LogP contribution >= 0.6 is 19.4 Å². The Labute approximate surface area is 182 Å². The Morgan fingerprint density at radius 3 is 2.43 bits per heavy atom. The van der Waals surface area contributed by atoms with E-state index in [-0.39, 0.29) is 10.8 Å². The van der Waals surface area contributed by atoms with Crippen LogP contribution in [0, 0.1) is 10.1 Å². The highest BCUT2D eigenvalue weighted by atomic mass is 32.1. The number of nitro groups is 1. The molecule has 30 heavy (non-hydrogen) atoms. The molecule has 3 rings (SSSR count). The van der Waals surface area contributed by atoms with Gasteiger partial charge in [0.15, 0.2) is 5.11 Å². The third kappa shape index (κ3) is 4.78. The summed E-state index contributed by atoms with van der Waals surface area (Å²) in [6.45, 7) is 9.47. The number of ether oxygens (including phenoxy) is 1. The lowest BCUT2D eigenvalue weighted by atomic mass is 10.3. The van der Waals surface area contributed by atoms with Gasteiger partial charge in [-0.3, -0.25) is 14.8 Å². The summed E-state index contributed by atoms with van der Waals surface area (Å²) in [5, 5.41) is 15.5. The molecule has 2 aromatic carbocycles. The molecule has 7 nitrogen and oxygen atoms in total. The van der Waals surface area contributed by atoms with Crippen molar-refractivity contribution in [2.75, 3.05) is 31.6 Å². The van der Waals surface area contributed by atoms with Crippen molar-refractivity contribution in [2.45, 2.75) is 25.9 Å². The minimum absolute atomic E-state index is 0.0101.